The molecule has 0 bridgehead atoms. The average molecular weight is 403 g/mol. The van der Waals surface area contributed by atoms with E-state index in [0.29, 0.717) is 18.4 Å². The van der Waals surface area contributed by atoms with Crippen LogP contribution in [0.4, 0.5) is 0 Å². The van der Waals surface area contributed by atoms with Crippen molar-refractivity contribution in [2.24, 2.45) is 11.8 Å². The molecule has 146 valence electrons. The van der Waals surface area contributed by atoms with E-state index in [0.717, 1.165) is 25.7 Å². The highest BCUT2D eigenvalue weighted by atomic mass is 35.5. The minimum atomic E-state index is -0.657. The van der Waals surface area contributed by atoms with E-state index < -0.39 is 11.9 Å². The Kier molecular flexibility index (Phi) is 10.0. The monoisotopic (exact) mass is 402 g/mol. The minimum Gasteiger partial charge on any atom is -0.462 e. The minimum absolute atomic E-state index is 0.0113. The van der Waals surface area contributed by atoms with Crippen molar-refractivity contribution in [3.05, 3.63) is 33.3 Å². The van der Waals surface area contributed by atoms with Gasteiger partial charge in [0, 0.05) is 0 Å². The second kappa shape index (κ2) is 11.5. The van der Waals surface area contributed by atoms with Crippen LogP contribution >= 0.6 is 23.2 Å². The van der Waals surface area contributed by atoms with Crippen molar-refractivity contribution in [2.75, 3.05) is 13.2 Å². The summed E-state index contributed by atoms with van der Waals surface area (Å²) in [6, 6.07) is 2.92. The summed E-state index contributed by atoms with van der Waals surface area (Å²) in [5.41, 5.74) is 0.0513. The van der Waals surface area contributed by atoms with Crippen molar-refractivity contribution in [1.29, 1.82) is 0 Å². The Morgan fingerprint density at radius 3 is 1.88 bits per heavy atom. The number of carbonyl (C=O) groups is 2. The maximum atomic E-state index is 12.4. The molecular formula is C20H28Cl2O4. The molecule has 26 heavy (non-hydrogen) atoms. The molecule has 0 atom stereocenters. The van der Waals surface area contributed by atoms with E-state index in [1.54, 1.807) is 0 Å². The van der Waals surface area contributed by atoms with Crippen LogP contribution < -0.4 is 0 Å². The van der Waals surface area contributed by atoms with E-state index in [1.807, 2.05) is 0 Å². The van der Waals surface area contributed by atoms with Crippen LogP contribution in [0.3, 0.4) is 0 Å². The quantitative estimate of drug-likeness (QED) is 0.346. The third-order valence-corrected chi connectivity index (χ3v) is 4.64. The molecule has 0 radical (unpaired) electrons. The summed E-state index contributed by atoms with van der Waals surface area (Å²) in [4.78, 5) is 24.8. The first kappa shape index (κ1) is 22.8. The zero-order valence-corrected chi connectivity index (χ0v) is 17.5. The second-order valence-electron chi connectivity index (χ2n) is 7.13. The van der Waals surface area contributed by atoms with Crippen LogP contribution in [0.15, 0.2) is 12.1 Å². The highest BCUT2D eigenvalue weighted by Gasteiger charge is 2.24. The fourth-order valence-corrected chi connectivity index (χ4v) is 2.78. The summed E-state index contributed by atoms with van der Waals surface area (Å²) in [6.07, 6.45) is 3.41. The number of rotatable bonds is 10. The van der Waals surface area contributed by atoms with Gasteiger partial charge < -0.3 is 9.47 Å². The standard InChI is InChI=1S/C20H28Cl2O4/c1-13(2)7-5-11-25-19(23)15-9-10-16(21)18(22)17(15)20(24)26-12-6-8-14(3)4/h9-10,13-14H,5-8,11-12H2,1-4H3. The lowest BCUT2D eigenvalue weighted by Gasteiger charge is -2.13. The second-order valence-corrected chi connectivity index (χ2v) is 7.91. The Bertz CT molecular complexity index is 612. The van der Waals surface area contributed by atoms with Gasteiger partial charge in [0.05, 0.1) is 34.4 Å². The van der Waals surface area contributed by atoms with Gasteiger partial charge in [-0.05, 0) is 49.7 Å². The lowest BCUT2D eigenvalue weighted by atomic mass is 10.1. The van der Waals surface area contributed by atoms with E-state index in [2.05, 4.69) is 27.7 Å². The van der Waals surface area contributed by atoms with Crippen LogP contribution in [0.5, 0.6) is 0 Å². The summed E-state index contributed by atoms with van der Waals surface area (Å²) in [5, 5.41) is 0.203. The molecule has 0 aromatic heterocycles. The van der Waals surface area contributed by atoms with Gasteiger partial charge in [-0.2, -0.15) is 0 Å². The number of benzene rings is 1. The summed E-state index contributed by atoms with van der Waals surface area (Å²) in [6.45, 7) is 8.97. The van der Waals surface area contributed by atoms with Crippen molar-refractivity contribution in [2.45, 2.75) is 53.4 Å². The molecule has 0 aliphatic carbocycles. The molecule has 0 aliphatic heterocycles. The van der Waals surface area contributed by atoms with E-state index in [1.165, 1.54) is 12.1 Å². The molecule has 1 aromatic rings. The lowest BCUT2D eigenvalue weighted by molar-refractivity contribution is 0.0448. The van der Waals surface area contributed by atoms with Crippen LogP contribution in [0, 0.1) is 11.8 Å². The molecule has 0 spiro atoms. The van der Waals surface area contributed by atoms with Crippen molar-refractivity contribution in [1.82, 2.24) is 0 Å². The molecule has 1 rings (SSSR count). The number of halogens is 2. The predicted molar refractivity (Wildman–Crippen MR) is 105 cm³/mol. The highest BCUT2D eigenvalue weighted by molar-refractivity contribution is 6.44. The first-order chi connectivity index (χ1) is 12.2. The van der Waals surface area contributed by atoms with Gasteiger partial charge in [-0.15, -0.1) is 0 Å². The van der Waals surface area contributed by atoms with E-state index in [9.17, 15) is 9.59 Å². The topological polar surface area (TPSA) is 52.6 Å². The maximum Gasteiger partial charge on any atom is 0.340 e. The smallest absolute Gasteiger partial charge is 0.340 e. The molecule has 4 nitrogen and oxygen atoms in total. The molecule has 0 saturated carbocycles. The third kappa shape index (κ3) is 7.55. The van der Waals surface area contributed by atoms with E-state index in [-0.39, 0.29) is 27.8 Å². The van der Waals surface area contributed by atoms with Gasteiger partial charge in [0.15, 0.2) is 0 Å². The normalized spacial score (nSPS) is 11.1. The third-order valence-electron chi connectivity index (χ3n) is 3.84. The van der Waals surface area contributed by atoms with Gasteiger partial charge in [-0.25, -0.2) is 9.59 Å². The molecule has 0 saturated heterocycles. The number of ether oxygens (including phenoxy) is 2. The van der Waals surface area contributed by atoms with Gasteiger partial charge in [0.2, 0.25) is 0 Å². The van der Waals surface area contributed by atoms with Crippen molar-refractivity contribution < 1.29 is 19.1 Å². The number of carbonyl (C=O) groups excluding carboxylic acids is 2. The molecule has 1 aromatic carbocycles. The number of hydrogen-bond donors (Lipinski definition) is 0. The molecule has 0 N–H and O–H groups in total. The molecule has 0 aliphatic rings. The fourth-order valence-electron chi connectivity index (χ4n) is 2.38. The van der Waals surface area contributed by atoms with Crippen molar-refractivity contribution in [3.8, 4) is 0 Å². The van der Waals surface area contributed by atoms with Gasteiger partial charge in [0.1, 0.15) is 0 Å². The lowest BCUT2D eigenvalue weighted by Crippen LogP contribution is -2.16. The van der Waals surface area contributed by atoms with Crippen LogP contribution in [0.1, 0.15) is 74.1 Å². The Balaban J connectivity index is 2.81. The van der Waals surface area contributed by atoms with Gasteiger partial charge >= 0.3 is 11.9 Å². The fraction of sp³-hybridized carbons (Fsp3) is 0.600. The zero-order valence-electron chi connectivity index (χ0n) is 15.9. The Morgan fingerprint density at radius 2 is 1.38 bits per heavy atom. The summed E-state index contributed by atoms with van der Waals surface area (Å²) in [7, 11) is 0. The van der Waals surface area contributed by atoms with Gasteiger partial charge in [-0.3, -0.25) is 0 Å². The number of esters is 2. The first-order valence-electron chi connectivity index (χ1n) is 9.06. The summed E-state index contributed by atoms with van der Waals surface area (Å²) < 4.78 is 10.5. The maximum absolute atomic E-state index is 12.4. The van der Waals surface area contributed by atoms with Gasteiger partial charge in [-0.1, -0.05) is 50.9 Å². The summed E-state index contributed by atoms with van der Waals surface area (Å²) >= 11 is 12.2. The Morgan fingerprint density at radius 1 is 0.885 bits per heavy atom. The van der Waals surface area contributed by atoms with E-state index in [4.69, 9.17) is 32.7 Å². The molecule has 0 heterocycles. The van der Waals surface area contributed by atoms with Crippen LogP contribution in [-0.4, -0.2) is 25.2 Å². The SMILES string of the molecule is CC(C)CCCOC(=O)c1ccc(Cl)c(Cl)c1C(=O)OCCCC(C)C. The first-order valence-corrected chi connectivity index (χ1v) is 9.81. The molecule has 0 amide bonds. The largest absolute Gasteiger partial charge is 0.462 e. The highest BCUT2D eigenvalue weighted by Crippen LogP contribution is 2.30. The van der Waals surface area contributed by atoms with Crippen LogP contribution in [0.2, 0.25) is 10.0 Å². The van der Waals surface area contributed by atoms with Crippen LogP contribution in [-0.2, 0) is 9.47 Å². The molecule has 0 unspecified atom stereocenters. The van der Waals surface area contributed by atoms with Crippen LogP contribution in [0.25, 0.3) is 0 Å². The number of hydrogen-bond acceptors (Lipinski definition) is 4. The Hall–Kier alpha value is -1.26. The predicted octanol–water partition coefficient (Wildman–Crippen LogP) is 6.18. The average Bonchev–Trinajstić information content (AvgIpc) is 2.57. The van der Waals surface area contributed by atoms with E-state index >= 15 is 0 Å². The van der Waals surface area contributed by atoms with Crippen molar-refractivity contribution in [3.63, 3.8) is 0 Å². The van der Waals surface area contributed by atoms with Crippen molar-refractivity contribution >= 4 is 35.1 Å². The molecular weight excluding hydrogens is 375 g/mol. The Labute approximate surface area is 166 Å². The molecule has 0 fully saturated rings. The summed E-state index contributed by atoms with van der Waals surface area (Å²) in [5.74, 6) is -0.188. The molecule has 6 heteroatoms. The van der Waals surface area contributed by atoms with Gasteiger partial charge in [0.25, 0.3) is 0 Å². The zero-order chi connectivity index (χ0) is 19.7.